The Morgan fingerprint density at radius 3 is 3.12 bits per heavy atom. The second-order valence-electron chi connectivity index (χ2n) is 4.76. The first-order chi connectivity index (χ1) is 7.67. The van der Waals surface area contributed by atoms with Crippen LogP contribution in [0.25, 0.3) is 0 Å². The van der Waals surface area contributed by atoms with Gasteiger partial charge in [-0.3, -0.25) is 4.90 Å². The maximum Gasteiger partial charge on any atom is 0.512 e. The maximum absolute atomic E-state index is 10.4. The zero-order valence-electron chi connectivity index (χ0n) is 8.89. The van der Waals surface area contributed by atoms with Crippen molar-refractivity contribution in [3.63, 3.8) is 0 Å². The number of carbonyl (C=O) groups is 1. The van der Waals surface area contributed by atoms with Crippen LogP contribution < -0.4 is 0 Å². The van der Waals surface area contributed by atoms with Gasteiger partial charge in [-0.2, -0.15) is 0 Å². The summed E-state index contributed by atoms with van der Waals surface area (Å²) in [5, 5.41) is 12.2. The lowest BCUT2D eigenvalue weighted by Crippen LogP contribution is -2.34. The molecule has 1 spiro atoms. The summed E-state index contributed by atoms with van der Waals surface area (Å²) in [7, 11) is 0. The molecule has 0 radical (unpaired) electrons. The molecule has 1 N–H and O–H groups in total. The van der Waals surface area contributed by atoms with Gasteiger partial charge in [-0.15, -0.1) is 0 Å². The van der Waals surface area contributed by atoms with E-state index in [1.54, 1.807) is 0 Å². The molecule has 0 amide bonds. The maximum atomic E-state index is 10.4. The first kappa shape index (κ1) is 9.89. The number of oxime groups is 1. The van der Waals surface area contributed by atoms with Gasteiger partial charge in [-0.25, -0.2) is 4.79 Å². The highest BCUT2D eigenvalue weighted by Gasteiger charge is 2.49. The molecule has 6 nitrogen and oxygen atoms in total. The van der Waals surface area contributed by atoms with E-state index in [4.69, 9.17) is 9.94 Å². The van der Waals surface area contributed by atoms with E-state index in [9.17, 15) is 4.79 Å². The fraction of sp³-hybridized carbons (Fsp3) is 0.800. The standard InChI is InChI=1S/C10H14N2O4/c13-9(14)15-8-5-10(16-11-8)3-4-12(6-10)7-1-2-7/h7H,1-6H2,(H,13,14). The second-order valence-corrected chi connectivity index (χ2v) is 4.76. The monoisotopic (exact) mass is 226 g/mol. The van der Waals surface area contributed by atoms with E-state index < -0.39 is 6.16 Å². The summed E-state index contributed by atoms with van der Waals surface area (Å²) in [6, 6.07) is 0.715. The second kappa shape index (κ2) is 3.35. The van der Waals surface area contributed by atoms with Gasteiger partial charge in [-0.1, -0.05) is 5.16 Å². The van der Waals surface area contributed by atoms with Crippen molar-refractivity contribution in [1.29, 1.82) is 0 Å². The van der Waals surface area contributed by atoms with E-state index in [-0.39, 0.29) is 11.5 Å². The van der Waals surface area contributed by atoms with E-state index >= 15 is 0 Å². The van der Waals surface area contributed by atoms with E-state index in [0.29, 0.717) is 12.5 Å². The Hall–Kier alpha value is -1.30. The summed E-state index contributed by atoms with van der Waals surface area (Å²) in [5.74, 6) is 0.185. The van der Waals surface area contributed by atoms with Gasteiger partial charge in [0.2, 0.25) is 5.90 Å². The van der Waals surface area contributed by atoms with Crippen LogP contribution in [0.2, 0.25) is 0 Å². The Bertz CT molecular complexity index is 353. The molecule has 2 heterocycles. The van der Waals surface area contributed by atoms with Crippen molar-refractivity contribution in [2.45, 2.75) is 37.3 Å². The Kier molecular flexibility index (Phi) is 2.07. The zero-order chi connectivity index (χ0) is 11.2. The van der Waals surface area contributed by atoms with Crippen LogP contribution in [0.15, 0.2) is 5.16 Å². The Labute approximate surface area is 92.8 Å². The van der Waals surface area contributed by atoms with Gasteiger partial charge in [0.25, 0.3) is 0 Å². The number of carboxylic acid groups (broad SMARTS) is 1. The highest BCUT2D eigenvalue weighted by Crippen LogP contribution is 2.39. The fourth-order valence-corrected chi connectivity index (χ4v) is 2.49. The third-order valence-electron chi connectivity index (χ3n) is 3.43. The lowest BCUT2D eigenvalue weighted by atomic mass is 10.00. The minimum Gasteiger partial charge on any atom is -0.449 e. The molecule has 2 fully saturated rings. The molecule has 0 aromatic carbocycles. The first-order valence-electron chi connectivity index (χ1n) is 5.57. The molecule has 1 saturated heterocycles. The summed E-state index contributed by atoms with van der Waals surface area (Å²) in [5.41, 5.74) is -0.326. The van der Waals surface area contributed by atoms with Crippen LogP contribution in [0.3, 0.4) is 0 Å². The van der Waals surface area contributed by atoms with Crippen molar-refractivity contribution >= 4 is 12.1 Å². The molecule has 1 saturated carbocycles. The van der Waals surface area contributed by atoms with Crippen molar-refractivity contribution in [3.8, 4) is 0 Å². The normalized spacial score (nSPS) is 33.9. The third kappa shape index (κ3) is 1.73. The average molecular weight is 226 g/mol. The van der Waals surface area contributed by atoms with Crippen LogP contribution in [0.1, 0.15) is 25.7 Å². The highest BCUT2D eigenvalue weighted by molar-refractivity contribution is 5.86. The minimum atomic E-state index is -1.32. The van der Waals surface area contributed by atoms with E-state index in [2.05, 4.69) is 14.8 Å². The van der Waals surface area contributed by atoms with Crippen molar-refractivity contribution in [1.82, 2.24) is 4.90 Å². The molecule has 6 heteroatoms. The van der Waals surface area contributed by atoms with Crippen LogP contribution in [-0.4, -0.2) is 46.8 Å². The summed E-state index contributed by atoms with van der Waals surface area (Å²) in [6.45, 7) is 1.86. The molecule has 3 rings (SSSR count). The molecule has 88 valence electrons. The summed E-state index contributed by atoms with van der Waals surface area (Å²) in [4.78, 5) is 18.2. The molecular weight excluding hydrogens is 212 g/mol. The molecule has 1 atom stereocenters. The molecule has 0 aromatic heterocycles. The lowest BCUT2D eigenvalue weighted by Gasteiger charge is -2.20. The zero-order valence-corrected chi connectivity index (χ0v) is 8.89. The summed E-state index contributed by atoms with van der Waals surface area (Å²) < 4.78 is 4.53. The van der Waals surface area contributed by atoms with Crippen molar-refractivity contribution in [2.24, 2.45) is 5.16 Å². The summed E-state index contributed by atoms with van der Waals surface area (Å²) in [6.07, 6.45) is 2.60. The smallest absolute Gasteiger partial charge is 0.449 e. The van der Waals surface area contributed by atoms with Crippen LogP contribution in [0.4, 0.5) is 4.79 Å². The fourth-order valence-electron chi connectivity index (χ4n) is 2.49. The molecule has 16 heavy (non-hydrogen) atoms. The van der Waals surface area contributed by atoms with Crippen LogP contribution in [0, 0.1) is 0 Å². The number of hydrogen-bond donors (Lipinski definition) is 1. The largest absolute Gasteiger partial charge is 0.512 e. The van der Waals surface area contributed by atoms with Crippen LogP contribution in [0.5, 0.6) is 0 Å². The molecular formula is C10H14N2O4. The van der Waals surface area contributed by atoms with Gasteiger partial charge in [0.1, 0.15) is 0 Å². The SMILES string of the molecule is O=C(O)OC1=NOC2(CCN(C3CC3)C2)C1. The number of hydrogen-bond acceptors (Lipinski definition) is 5. The molecule has 0 aromatic rings. The van der Waals surface area contributed by atoms with E-state index in [1.807, 2.05) is 0 Å². The Morgan fingerprint density at radius 2 is 2.44 bits per heavy atom. The highest BCUT2D eigenvalue weighted by atomic mass is 16.7. The number of rotatable bonds is 1. The molecule has 2 aliphatic heterocycles. The minimum absolute atomic E-state index is 0.185. The number of nitrogens with zero attached hydrogens (tertiary/aromatic N) is 2. The molecule has 3 aliphatic rings. The number of ether oxygens (including phenoxy) is 1. The van der Waals surface area contributed by atoms with Gasteiger partial charge in [0.05, 0.1) is 6.42 Å². The van der Waals surface area contributed by atoms with Crippen LogP contribution >= 0.6 is 0 Å². The summed E-state index contributed by atoms with van der Waals surface area (Å²) >= 11 is 0. The van der Waals surface area contributed by atoms with Crippen LogP contribution in [-0.2, 0) is 9.57 Å². The lowest BCUT2D eigenvalue weighted by molar-refractivity contribution is -0.0105. The van der Waals surface area contributed by atoms with E-state index in [1.165, 1.54) is 12.8 Å². The van der Waals surface area contributed by atoms with Gasteiger partial charge in [-0.05, 0) is 12.8 Å². The third-order valence-corrected chi connectivity index (χ3v) is 3.43. The first-order valence-corrected chi connectivity index (χ1v) is 5.57. The van der Waals surface area contributed by atoms with Gasteiger partial charge >= 0.3 is 6.16 Å². The Morgan fingerprint density at radius 1 is 1.62 bits per heavy atom. The molecule has 0 bridgehead atoms. The quantitative estimate of drug-likeness (QED) is 0.676. The predicted octanol–water partition coefficient (Wildman–Crippen LogP) is 1.02. The number of likely N-dealkylation sites (tertiary alicyclic amines) is 1. The molecule has 1 aliphatic carbocycles. The Balaban J connectivity index is 1.59. The average Bonchev–Trinajstić information content (AvgIpc) is 2.90. The topological polar surface area (TPSA) is 71.4 Å². The van der Waals surface area contributed by atoms with Gasteiger partial charge in [0, 0.05) is 25.6 Å². The van der Waals surface area contributed by atoms with Gasteiger partial charge in [0.15, 0.2) is 5.60 Å². The van der Waals surface area contributed by atoms with Crippen molar-refractivity contribution < 1.29 is 19.5 Å². The van der Waals surface area contributed by atoms with E-state index in [0.717, 1.165) is 19.5 Å². The van der Waals surface area contributed by atoms with Gasteiger partial charge < -0.3 is 14.7 Å². The van der Waals surface area contributed by atoms with Crippen molar-refractivity contribution in [2.75, 3.05) is 13.1 Å². The van der Waals surface area contributed by atoms with Crippen molar-refractivity contribution in [3.05, 3.63) is 0 Å². The predicted molar refractivity (Wildman–Crippen MR) is 54.2 cm³/mol. The molecule has 1 unspecified atom stereocenters.